The van der Waals surface area contributed by atoms with Crippen LogP contribution >= 0.6 is 0 Å². The molecule has 0 unspecified atom stereocenters. The first-order chi connectivity index (χ1) is 35.5. The third-order valence-electron chi connectivity index (χ3n) is 15.2. The average molecular weight is 921 g/mol. The van der Waals surface area contributed by atoms with E-state index in [1.165, 1.54) is 60.8 Å². The summed E-state index contributed by atoms with van der Waals surface area (Å²) in [6.07, 6.45) is 0. The van der Waals surface area contributed by atoms with Gasteiger partial charge in [-0.25, -0.2) is 0 Å². The smallest absolute Gasteiger partial charge is 0.137 e. The molecular formula is C69H48N2O. The van der Waals surface area contributed by atoms with E-state index in [1.807, 2.05) is 0 Å². The van der Waals surface area contributed by atoms with Crippen LogP contribution in [0.2, 0.25) is 0 Å². The molecule has 0 atom stereocenters. The highest BCUT2D eigenvalue weighted by Crippen LogP contribution is 2.56. The summed E-state index contributed by atoms with van der Waals surface area (Å²) in [5.41, 5.74) is 22.8. The lowest BCUT2D eigenvalue weighted by molar-refractivity contribution is 0.660. The van der Waals surface area contributed by atoms with E-state index in [2.05, 4.69) is 278 Å². The number of furan rings is 1. The molecular weight excluding hydrogens is 873 g/mol. The monoisotopic (exact) mass is 920 g/mol. The second kappa shape index (κ2) is 16.5. The lowest BCUT2D eigenvalue weighted by Gasteiger charge is -2.31. The van der Waals surface area contributed by atoms with E-state index >= 15 is 0 Å². The van der Waals surface area contributed by atoms with Gasteiger partial charge in [0.05, 0.1) is 33.5 Å². The van der Waals surface area contributed by atoms with Crippen LogP contribution in [0.4, 0.5) is 17.1 Å². The van der Waals surface area contributed by atoms with Gasteiger partial charge >= 0.3 is 0 Å². The minimum absolute atomic E-state index is 0.166. The minimum atomic E-state index is -0.166. The molecule has 0 fully saturated rings. The van der Waals surface area contributed by atoms with Crippen LogP contribution in [0.25, 0.3) is 105 Å². The number of rotatable bonds is 8. The van der Waals surface area contributed by atoms with E-state index in [1.54, 1.807) is 0 Å². The number of hydrogen-bond donors (Lipinski definition) is 0. The van der Waals surface area contributed by atoms with Crippen molar-refractivity contribution < 1.29 is 4.42 Å². The molecule has 0 bridgehead atoms. The molecule has 0 saturated carbocycles. The number of nitrogens with zero attached hydrogens (tertiary/aromatic N) is 2. The molecule has 13 aromatic rings. The number of aromatic nitrogens is 1. The highest BCUT2D eigenvalue weighted by Gasteiger charge is 2.38. The molecule has 3 heteroatoms. The quantitative estimate of drug-likeness (QED) is 0.151. The molecule has 340 valence electrons. The summed E-state index contributed by atoms with van der Waals surface area (Å²) in [6.45, 7) is 4.71. The number of fused-ring (bicyclic) bond motifs is 9. The Morgan fingerprint density at radius 3 is 1.65 bits per heavy atom. The topological polar surface area (TPSA) is 21.3 Å². The maximum Gasteiger partial charge on any atom is 0.137 e. The standard InChI is InChI=1S/C69H48N2O/c1-69(2)58-29-15-12-28-55(58)67-59(69)30-18-33-63(67)71(60-31-16-13-26-53(60)47-24-10-5-11-25-47)64-34-19-35-66-68(64)57-44-49(37-39-65(57)72-66)48-36-38-62-56(43-48)54-27-14-17-32-61(54)70(62)52-41-50(45-20-6-3-7-21-45)40-51(42-52)46-22-8-4-9-23-46/h3-44H,1-2H3. The number of para-hydroxylation sites is 2. The van der Waals surface area contributed by atoms with E-state index in [4.69, 9.17) is 4.42 Å². The summed E-state index contributed by atoms with van der Waals surface area (Å²) in [4.78, 5) is 2.50. The SMILES string of the molecule is CC1(C)c2ccccc2-c2c(N(c3ccccc3-c3ccccc3)c3cccc4oc5ccc(-c6ccc7c(c6)c6ccccc6n7-c6cc(-c7ccccc7)cc(-c7ccccc7)c6)cc5c34)cccc21. The fraction of sp³-hybridized carbons (Fsp3) is 0.0435. The number of benzene rings is 11. The third kappa shape index (κ3) is 6.58. The van der Waals surface area contributed by atoms with Crippen LogP contribution in [0.3, 0.4) is 0 Å². The summed E-state index contributed by atoms with van der Waals surface area (Å²) in [7, 11) is 0. The Kier molecular flexibility index (Phi) is 9.56. The molecule has 3 nitrogen and oxygen atoms in total. The van der Waals surface area contributed by atoms with Crippen molar-refractivity contribution in [2.75, 3.05) is 4.90 Å². The molecule has 0 aliphatic heterocycles. The molecule has 14 rings (SSSR count). The molecule has 11 aromatic carbocycles. The Balaban J connectivity index is 0.967. The molecule has 0 amide bonds. The van der Waals surface area contributed by atoms with Crippen LogP contribution < -0.4 is 4.90 Å². The molecule has 2 aromatic heterocycles. The van der Waals surface area contributed by atoms with E-state index in [-0.39, 0.29) is 5.41 Å². The fourth-order valence-corrected chi connectivity index (χ4v) is 11.8. The normalized spacial score (nSPS) is 12.7. The van der Waals surface area contributed by atoms with Crippen molar-refractivity contribution >= 4 is 60.8 Å². The van der Waals surface area contributed by atoms with E-state index in [0.29, 0.717) is 0 Å². The molecule has 1 aliphatic carbocycles. The minimum Gasteiger partial charge on any atom is -0.456 e. The van der Waals surface area contributed by atoms with E-state index < -0.39 is 0 Å². The maximum atomic E-state index is 6.84. The van der Waals surface area contributed by atoms with Gasteiger partial charge in [-0.3, -0.25) is 0 Å². The zero-order valence-corrected chi connectivity index (χ0v) is 40.1. The summed E-state index contributed by atoms with van der Waals surface area (Å²) in [5, 5.41) is 4.57. The first-order valence-electron chi connectivity index (χ1n) is 24.9. The first-order valence-corrected chi connectivity index (χ1v) is 24.9. The van der Waals surface area contributed by atoms with Crippen LogP contribution in [0.15, 0.2) is 259 Å². The highest BCUT2D eigenvalue weighted by molar-refractivity contribution is 6.16. The fourth-order valence-electron chi connectivity index (χ4n) is 11.8. The van der Waals surface area contributed by atoms with Crippen LogP contribution in [0.1, 0.15) is 25.0 Å². The second-order valence-corrected chi connectivity index (χ2v) is 19.6. The van der Waals surface area contributed by atoms with Gasteiger partial charge in [-0.2, -0.15) is 0 Å². The van der Waals surface area contributed by atoms with Gasteiger partial charge in [-0.1, -0.05) is 196 Å². The molecule has 72 heavy (non-hydrogen) atoms. The molecule has 0 spiro atoms. The van der Waals surface area contributed by atoms with E-state index in [9.17, 15) is 0 Å². The third-order valence-corrected chi connectivity index (χ3v) is 15.2. The van der Waals surface area contributed by atoms with Crippen molar-refractivity contribution in [1.29, 1.82) is 0 Å². The van der Waals surface area contributed by atoms with Crippen molar-refractivity contribution in [3.8, 4) is 61.3 Å². The van der Waals surface area contributed by atoms with Gasteiger partial charge in [0.2, 0.25) is 0 Å². The molecule has 0 radical (unpaired) electrons. The van der Waals surface area contributed by atoms with Crippen LogP contribution in [0.5, 0.6) is 0 Å². The van der Waals surface area contributed by atoms with Crippen LogP contribution in [-0.4, -0.2) is 4.57 Å². The van der Waals surface area contributed by atoms with Crippen molar-refractivity contribution in [2.45, 2.75) is 19.3 Å². The number of hydrogen-bond acceptors (Lipinski definition) is 2. The summed E-state index contributed by atoms with van der Waals surface area (Å²) in [6, 6.07) is 92.8. The van der Waals surface area contributed by atoms with Crippen LogP contribution in [0, 0.1) is 0 Å². The summed E-state index contributed by atoms with van der Waals surface area (Å²) >= 11 is 0. The lowest BCUT2D eigenvalue weighted by atomic mass is 9.82. The number of anilines is 3. The molecule has 1 aliphatic rings. The highest BCUT2D eigenvalue weighted by atomic mass is 16.3. The Labute approximate surface area is 419 Å². The zero-order chi connectivity index (χ0) is 47.9. The van der Waals surface area contributed by atoms with Crippen molar-refractivity contribution in [1.82, 2.24) is 4.57 Å². The van der Waals surface area contributed by atoms with E-state index in [0.717, 1.165) is 72.5 Å². The largest absolute Gasteiger partial charge is 0.456 e. The maximum absolute atomic E-state index is 6.84. The molecule has 0 N–H and O–H groups in total. The predicted molar refractivity (Wildman–Crippen MR) is 302 cm³/mol. The van der Waals surface area contributed by atoms with Gasteiger partial charge in [0.25, 0.3) is 0 Å². The van der Waals surface area contributed by atoms with Crippen LogP contribution in [-0.2, 0) is 5.41 Å². The molecule has 0 saturated heterocycles. The Hall–Kier alpha value is -9.18. The molecule has 2 heterocycles. The van der Waals surface area contributed by atoms with Crippen molar-refractivity contribution in [2.24, 2.45) is 0 Å². The van der Waals surface area contributed by atoms with Gasteiger partial charge in [0.1, 0.15) is 11.2 Å². The Bertz CT molecular complexity index is 4180. The lowest BCUT2D eigenvalue weighted by Crippen LogP contribution is -2.16. The van der Waals surface area contributed by atoms with Gasteiger partial charge in [0, 0.05) is 38.4 Å². The first kappa shape index (κ1) is 41.8. The summed E-state index contributed by atoms with van der Waals surface area (Å²) in [5.74, 6) is 0. The second-order valence-electron chi connectivity index (χ2n) is 19.6. The van der Waals surface area contributed by atoms with Gasteiger partial charge in [-0.15, -0.1) is 0 Å². The Morgan fingerprint density at radius 2 is 0.903 bits per heavy atom. The summed E-state index contributed by atoms with van der Waals surface area (Å²) < 4.78 is 9.27. The predicted octanol–water partition coefficient (Wildman–Crippen LogP) is 19.1. The van der Waals surface area contributed by atoms with Crippen molar-refractivity contribution in [3.63, 3.8) is 0 Å². The van der Waals surface area contributed by atoms with Gasteiger partial charge in [0.15, 0.2) is 0 Å². The average Bonchev–Trinajstić information content (AvgIpc) is 4.07. The van der Waals surface area contributed by atoms with Crippen molar-refractivity contribution in [3.05, 3.63) is 266 Å². The van der Waals surface area contributed by atoms with Gasteiger partial charge in [-0.05, 0) is 128 Å². The van der Waals surface area contributed by atoms with Gasteiger partial charge < -0.3 is 13.9 Å². The zero-order valence-electron chi connectivity index (χ0n) is 40.1. The Morgan fingerprint density at radius 1 is 0.347 bits per heavy atom.